The molecule has 0 aromatic heterocycles. The van der Waals surface area contributed by atoms with Crippen LogP contribution in [0.15, 0.2) is 36.5 Å². The van der Waals surface area contributed by atoms with Crippen LogP contribution < -0.4 is 16.4 Å². The van der Waals surface area contributed by atoms with Crippen LogP contribution in [0.5, 0.6) is 0 Å². The summed E-state index contributed by atoms with van der Waals surface area (Å²) in [7, 11) is 0. The van der Waals surface area contributed by atoms with Crippen LogP contribution >= 0.6 is 0 Å². The van der Waals surface area contributed by atoms with Crippen LogP contribution in [0.2, 0.25) is 0 Å². The summed E-state index contributed by atoms with van der Waals surface area (Å²) in [6.45, 7) is 5.08. The van der Waals surface area contributed by atoms with E-state index in [1.807, 2.05) is 0 Å². The summed E-state index contributed by atoms with van der Waals surface area (Å²) in [5, 5.41) is 6.09. The van der Waals surface area contributed by atoms with Crippen molar-refractivity contribution < 1.29 is 4.79 Å². The van der Waals surface area contributed by atoms with Crippen molar-refractivity contribution in [3.8, 4) is 0 Å². The van der Waals surface area contributed by atoms with Gasteiger partial charge in [-0.05, 0) is 38.5 Å². The van der Waals surface area contributed by atoms with E-state index in [4.69, 9.17) is 5.73 Å². The first-order valence-electron chi connectivity index (χ1n) is 10.4. The Morgan fingerprint density at radius 2 is 1.46 bits per heavy atom. The molecule has 0 saturated carbocycles. The molecule has 0 atom stereocenters. The summed E-state index contributed by atoms with van der Waals surface area (Å²) >= 11 is 0. The number of unbranched alkanes of at least 4 members (excludes halogenated alkanes) is 5. The van der Waals surface area contributed by atoms with Gasteiger partial charge in [0.25, 0.3) is 0 Å². The molecule has 4 N–H and O–H groups in total. The summed E-state index contributed by atoms with van der Waals surface area (Å²) in [6, 6.07) is 0. The fourth-order valence-corrected chi connectivity index (χ4v) is 2.51. The lowest BCUT2D eigenvalue weighted by atomic mass is 10.1. The Kier molecular flexibility index (Phi) is 20.5. The number of nitrogens with two attached hydrogens (primary N) is 1. The number of hydrogen-bond donors (Lipinski definition) is 3. The third-order valence-corrected chi connectivity index (χ3v) is 4.00. The highest BCUT2D eigenvalue weighted by Gasteiger charge is 1.99. The van der Waals surface area contributed by atoms with Crippen LogP contribution in [-0.2, 0) is 4.79 Å². The minimum Gasteiger partial charge on any atom is -0.355 e. The fourth-order valence-electron chi connectivity index (χ4n) is 2.51. The molecular weight excluding hydrogens is 322 g/mol. The average molecular weight is 364 g/mol. The van der Waals surface area contributed by atoms with E-state index in [9.17, 15) is 4.79 Å². The van der Waals surface area contributed by atoms with Gasteiger partial charge >= 0.3 is 0 Å². The summed E-state index contributed by atoms with van der Waals surface area (Å²) in [5.41, 5.74) is 5.38. The Morgan fingerprint density at radius 1 is 0.808 bits per heavy atom. The molecule has 0 saturated heterocycles. The Balaban J connectivity index is 3.29. The first kappa shape index (κ1) is 24.6. The topological polar surface area (TPSA) is 67.2 Å². The van der Waals surface area contributed by atoms with E-state index < -0.39 is 0 Å². The number of rotatable bonds is 18. The van der Waals surface area contributed by atoms with Gasteiger partial charge in [0.05, 0.1) is 0 Å². The van der Waals surface area contributed by atoms with Crippen LogP contribution in [-0.4, -0.2) is 32.1 Å². The van der Waals surface area contributed by atoms with Crippen LogP contribution in [0, 0.1) is 0 Å². The van der Waals surface area contributed by atoms with Gasteiger partial charge in [0, 0.05) is 32.6 Å². The van der Waals surface area contributed by atoms with Gasteiger partial charge < -0.3 is 16.4 Å². The molecule has 0 rings (SSSR count). The molecule has 0 fully saturated rings. The second kappa shape index (κ2) is 21.7. The second-order valence-electron chi connectivity index (χ2n) is 6.49. The van der Waals surface area contributed by atoms with Crippen molar-refractivity contribution in [1.29, 1.82) is 0 Å². The zero-order valence-corrected chi connectivity index (χ0v) is 16.8. The summed E-state index contributed by atoms with van der Waals surface area (Å²) in [4.78, 5) is 11.6. The van der Waals surface area contributed by atoms with Gasteiger partial charge in [-0.2, -0.15) is 0 Å². The average Bonchev–Trinajstić information content (AvgIpc) is 2.64. The van der Waals surface area contributed by atoms with Gasteiger partial charge in [-0.3, -0.25) is 4.79 Å². The highest BCUT2D eigenvalue weighted by atomic mass is 16.1. The molecule has 0 unspecified atom stereocenters. The van der Waals surface area contributed by atoms with Crippen molar-refractivity contribution in [2.45, 2.75) is 71.1 Å². The van der Waals surface area contributed by atoms with E-state index in [0.717, 1.165) is 45.2 Å². The predicted octanol–water partition coefficient (Wildman–Crippen LogP) is 4.24. The zero-order chi connectivity index (χ0) is 19.1. The van der Waals surface area contributed by atoms with Gasteiger partial charge in [0.1, 0.15) is 0 Å². The molecule has 0 aliphatic heterocycles. The maximum atomic E-state index is 11.6. The molecule has 0 aliphatic carbocycles. The van der Waals surface area contributed by atoms with E-state index in [2.05, 4.69) is 54.0 Å². The molecule has 4 heteroatoms. The van der Waals surface area contributed by atoms with E-state index in [1.165, 1.54) is 25.7 Å². The standard InChI is InChI=1S/C22H41N3O/c1-2-3-4-5-6-7-8-9-10-11-12-13-14-15-16-17-22(26)25-21-20-24-19-18-23/h3-4,6-7,9-10,24H,2,5,8,11-21,23H2,1H3,(H,25,26)/b4-3+,7-6+,10-9+. The number of amides is 1. The van der Waals surface area contributed by atoms with Crippen molar-refractivity contribution in [2.24, 2.45) is 5.73 Å². The minimum atomic E-state index is 0.167. The van der Waals surface area contributed by atoms with Crippen LogP contribution in [0.25, 0.3) is 0 Å². The van der Waals surface area contributed by atoms with Crippen LogP contribution in [0.1, 0.15) is 71.1 Å². The Morgan fingerprint density at radius 3 is 2.19 bits per heavy atom. The smallest absolute Gasteiger partial charge is 0.220 e. The van der Waals surface area contributed by atoms with Crippen molar-refractivity contribution in [3.05, 3.63) is 36.5 Å². The highest BCUT2D eigenvalue weighted by molar-refractivity contribution is 5.75. The predicted molar refractivity (Wildman–Crippen MR) is 114 cm³/mol. The van der Waals surface area contributed by atoms with Crippen molar-refractivity contribution >= 4 is 5.91 Å². The SMILES string of the molecule is CC/C=C/C/C=C/C/C=C/CCCCCCCC(=O)NCCNCCN. The Bertz CT molecular complexity index is 389. The van der Waals surface area contributed by atoms with E-state index in [1.54, 1.807) is 0 Å². The molecule has 1 amide bonds. The lowest BCUT2D eigenvalue weighted by molar-refractivity contribution is -0.121. The third kappa shape index (κ3) is 20.7. The maximum absolute atomic E-state index is 11.6. The molecule has 26 heavy (non-hydrogen) atoms. The molecule has 0 heterocycles. The summed E-state index contributed by atoms with van der Waals surface area (Å²) in [5.74, 6) is 0.167. The molecule has 4 nitrogen and oxygen atoms in total. The molecular formula is C22H41N3O. The molecule has 0 radical (unpaired) electrons. The Hall–Kier alpha value is -1.39. The summed E-state index contributed by atoms with van der Waals surface area (Å²) < 4.78 is 0. The Labute approximate surface area is 161 Å². The molecule has 0 bridgehead atoms. The number of allylic oxidation sites excluding steroid dienone is 6. The molecule has 0 aromatic rings. The van der Waals surface area contributed by atoms with E-state index in [0.29, 0.717) is 19.5 Å². The molecule has 0 spiro atoms. The monoisotopic (exact) mass is 363 g/mol. The van der Waals surface area contributed by atoms with Crippen molar-refractivity contribution in [1.82, 2.24) is 10.6 Å². The molecule has 0 aliphatic rings. The maximum Gasteiger partial charge on any atom is 0.220 e. The van der Waals surface area contributed by atoms with E-state index >= 15 is 0 Å². The quantitative estimate of drug-likeness (QED) is 0.252. The number of carbonyl (C=O) groups is 1. The highest BCUT2D eigenvalue weighted by Crippen LogP contribution is 2.07. The van der Waals surface area contributed by atoms with Crippen LogP contribution in [0.4, 0.5) is 0 Å². The summed E-state index contributed by atoms with van der Waals surface area (Å²) in [6.07, 6.45) is 24.3. The lowest BCUT2D eigenvalue weighted by Crippen LogP contribution is -2.33. The minimum absolute atomic E-state index is 0.167. The normalized spacial score (nSPS) is 11.9. The largest absolute Gasteiger partial charge is 0.355 e. The second-order valence-corrected chi connectivity index (χ2v) is 6.49. The van der Waals surface area contributed by atoms with Crippen molar-refractivity contribution in [2.75, 3.05) is 26.2 Å². The number of carbonyl (C=O) groups excluding carboxylic acids is 1. The lowest BCUT2D eigenvalue weighted by Gasteiger charge is -2.06. The van der Waals surface area contributed by atoms with E-state index in [-0.39, 0.29) is 5.91 Å². The van der Waals surface area contributed by atoms with Gasteiger partial charge in [0.15, 0.2) is 0 Å². The van der Waals surface area contributed by atoms with Crippen LogP contribution in [0.3, 0.4) is 0 Å². The van der Waals surface area contributed by atoms with Gasteiger partial charge in [-0.25, -0.2) is 0 Å². The zero-order valence-electron chi connectivity index (χ0n) is 16.8. The van der Waals surface area contributed by atoms with Crippen molar-refractivity contribution in [3.63, 3.8) is 0 Å². The molecule has 150 valence electrons. The number of nitrogens with one attached hydrogen (secondary N) is 2. The third-order valence-electron chi connectivity index (χ3n) is 4.00. The van der Waals surface area contributed by atoms with Gasteiger partial charge in [-0.1, -0.05) is 62.6 Å². The number of hydrogen-bond acceptors (Lipinski definition) is 3. The van der Waals surface area contributed by atoms with Gasteiger partial charge in [-0.15, -0.1) is 0 Å². The first-order valence-corrected chi connectivity index (χ1v) is 10.4. The van der Waals surface area contributed by atoms with Gasteiger partial charge in [0.2, 0.25) is 5.91 Å². The molecule has 0 aromatic carbocycles. The fraction of sp³-hybridized carbons (Fsp3) is 0.682. The first-order chi connectivity index (χ1) is 12.8.